The van der Waals surface area contributed by atoms with Crippen molar-refractivity contribution in [3.8, 4) is 17.3 Å². The molecule has 2 aromatic rings. The summed E-state index contributed by atoms with van der Waals surface area (Å²) in [4.78, 5) is 4.35. The molecule has 1 aromatic heterocycles. The van der Waals surface area contributed by atoms with E-state index in [-0.39, 0.29) is 5.25 Å². The number of aromatic nitrogens is 2. The number of nitriles is 1. The first-order valence-electron chi connectivity index (χ1n) is 5.36. The Morgan fingerprint density at radius 1 is 1.35 bits per heavy atom. The largest absolute Gasteiger partial charge is 0.322 e. The fourth-order valence-corrected chi connectivity index (χ4v) is 2.30. The summed E-state index contributed by atoms with van der Waals surface area (Å²) in [6, 6.07) is 12.3. The van der Waals surface area contributed by atoms with E-state index >= 15 is 0 Å². The van der Waals surface area contributed by atoms with E-state index in [1.165, 1.54) is 11.8 Å². The van der Waals surface area contributed by atoms with Crippen LogP contribution in [-0.4, -0.2) is 14.8 Å². The Hall–Kier alpha value is -1.73. The van der Waals surface area contributed by atoms with Gasteiger partial charge in [0.05, 0.1) is 23.2 Å². The number of imidazole rings is 1. The summed E-state index contributed by atoms with van der Waals surface area (Å²) in [5.41, 5.74) is 2.21. The van der Waals surface area contributed by atoms with Gasteiger partial charge < -0.3 is 4.57 Å². The molecule has 1 aromatic carbocycles. The summed E-state index contributed by atoms with van der Waals surface area (Å²) in [5, 5.41) is 9.59. The van der Waals surface area contributed by atoms with Crippen molar-refractivity contribution in [3.63, 3.8) is 0 Å². The van der Waals surface area contributed by atoms with Crippen molar-refractivity contribution in [2.24, 2.45) is 7.05 Å². The number of nitrogens with zero attached hydrogens (tertiary/aromatic N) is 3. The fourth-order valence-electron chi connectivity index (χ4n) is 1.56. The minimum Gasteiger partial charge on any atom is -0.322 e. The molecule has 1 heterocycles. The maximum Gasteiger partial charge on any atom is 0.169 e. The third-order valence-electron chi connectivity index (χ3n) is 2.48. The summed E-state index contributed by atoms with van der Waals surface area (Å²) >= 11 is 1.48. The molecule has 3 nitrogen and oxygen atoms in total. The molecule has 17 heavy (non-hydrogen) atoms. The zero-order valence-electron chi connectivity index (χ0n) is 9.79. The van der Waals surface area contributed by atoms with Crippen LogP contribution in [-0.2, 0) is 7.05 Å². The van der Waals surface area contributed by atoms with Crippen LogP contribution < -0.4 is 0 Å². The zero-order chi connectivity index (χ0) is 12.3. The highest BCUT2D eigenvalue weighted by Crippen LogP contribution is 2.26. The van der Waals surface area contributed by atoms with Crippen LogP contribution in [0.1, 0.15) is 6.92 Å². The number of hydrogen-bond acceptors (Lipinski definition) is 3. The Labute approximate surface area is 105 Å². The molecule has 0 spiro atoms. The second-order valence-electron chi connectivity index (χ2n) is 3.74. The lowest BCUT2D eigenvalue weighted by atomic mass is 10.2. The molecule has 0 aliphatic rings. The molecule has 0 saturated carbocycles. The smallest absolute Gasteiger partial charge is 0.169 e. The van der Waals surface area contributed by atoms with Gasteiger partial charge in [-0.25, -0.2) is 4.98 Å². The highest BCUT2D eigenvalue weighted by molar-refractivity contribution is 8.00. The van der Waals surface area contributed by atoms with Gasteiger partial charge in [0.15, 0.2) is 5.16 Å². The Morgan fingerprint density at radius 3 is 2.71 bits per heavy atom. The fraction of sp³-hybridized carbons (Fsp3) is 0.231. The Balaban J connectivity index is 2.31. The van der Waals surface area contributed by atoms with Crippen LogP contribution in [0, 0.1) is 11.3 Å². The second-order valence-corrected chi connectivity index (χ2v) is 5.05. The maximum atomic E-state index is 8.80. The molecule has 0 saturated heterocycles. The van der Waals surface area contributed by atoms with Gasteiger partial charge in [-0.1, -0.05) is 42.1 Å². The van der Waals surface area contributed by atoms with Gasteiger partial charge in [0, 0.05) is 7.05 Å². The van der Waals surface area contributed by atoms with Gasteiger partial charge in [-0.3, -0.25) is 0 Å². The summed E-state index contributed by atoms with van der Waals surface area (Å²) in [7, 11) is 1.97. The average molecular weight is 243 g/mol. The van der Waals surface area contributed by atoms with Crippen LogP contribution in [0.25, 0.3) is 11.3 Å². The topological polar surface area (TPSA) is 41.6 Å². The van der Waals surface area contributed by atoms with Gasteiger partial charge in [-0.05, 0) is 12.5 Å². The van der Waals surface area contributed by atoms with E-state index in [1.54, 1.807) is 0 Å². The van der Waals surface area contributed by atoms with Crippen LogP contribution >= 0.6 is 11.8 Å². The molecule has 0 aliphatic carbocycles. The van der Waals surface area contributed by atoms with E-state index in [4.69, 9.17) is 5.26 Å². The van der Waals surface area contributed by atoms with E-state index in [9.17, 15) is 0 Å². The van der Waals surface area contributed by atoms with E-state index in [1.807, 2.05) is 42.9 Å². The molecular formula is C13H13N3S. The molecular weight excluding hydrogens is 230 g/mol. The minimum atomic E-state index is -0.0836. The highest BCUT2D eigenvalue weighted by atomic mass is 32.2. The number of thioether (sulfide) groups is 1. The van der Waals surface area contributed by atoms with E-state index < -0.39 is 0 Å². The van der Waals surface area contributed by atoms with Gasteiger partial charge in [-0.15, -0.1) is 0 Å². The molecule has 0 aliphatic heterocycles. The highest BCUT2D eigenvalue weighted by Gasteiger charge is 2.11. The van der Waals surface area contributed by atoms with Crippen LogP contribution in [0.2, 0.25) is 0 Å². The molecule has 86 valence electrons. The van der Waals surface area contributed by atoms with Gasteiger partial charge in [0.25, 0.3) is 0 Å². The predicted molar refractivity (Wildman–Crippen MR) is 69.6 cm³/mol. The lowest BCUT2D eigenvalue weighted by Gasteiger charge is -2.06. The molecule has 0 amide bonds. The maximum absolute atomic E-state index is 8.80. The average Bonchev–Trinajstić information content (AvgIpc) is 2.72. The van der Waals surface area contributed by atoms with Crippen LogP contribution in [0.3, 0.4) is 0 Å². The van der Waals surface area contributed by atoms with Gasteiger partial charge in [0.2, 0.25) is 0 Å². The van der Waals surface area contributed by atoms with Gasteiger partial charge >= 0.3 is 0 Å². The first kappa shape index (κ1) is 11.7. The van der Waals surface area contributed by atoms with Crippen molar-refractivity contribution in [2.75, 3.05) is 0 Å². The van der Waals surface area contributed by atoms with Crippen molar-refractivity contribution in [1.82, 2.24) is 9.55 Å². The van der Waals surface area contributed by atoms with Crippen molar-refractivity contribution in [1.29, 1.82) is 5.26 Å². The molecule has 0 N–H and O–H groups in total. The molecule has 0 bridgehead atoms. The number of rotatable bonds is 3. The summed E-state index contributed by atoms with van der Waals surface area (Å²) in [6.45, 7) is 1.88. The van der Waals surface area contributed by atoms with Crippen molar-refractivity contribution < 1.29 is 0 Å². The summed E-state index contributed by atoms with van der Waals surface area (Å²) in [6.07, 6.45) is 1.85. The molecule has 4 heteroatoms. The van der Waals surface area contributed by atoms with Crippen LogP contribution in [0.15, 0.2) is 41.7 Å². The molecule has 2 rings (SSSR count). The molecule has 0 unspecified atom stereocenters. The van der Waals surface area contributed by atoms with E-state index in [0.29, 0.717) is 0 Å². The van der Waals surface area contributed by atoms with E-state index in [0.717, 1.165) is 16.4 Å². The van der Waals surface area contributed by atoms with E-state index in [2.05, 4.69) is 23.2 Å². The quantitative estimate of drug-likeness (QED) is 0.778. The molecule has 0 radical (unpaired) electrons. The summed E-state index contributed by atoms with van der Waals surface area (Å²) < 4.78 is 2.02. The standard InChI is InChI=1S/C13H13N3S/c1-10(8-14)17-13-15-9-12(16(13)2)11-6-4-3-5-7-11/h3-7,9-10H,1-2H3/t10-/m1/s1. The Kier molecular flexibility index (Phi) is 3.50. The first-order chi connectivity index (χ1) is 8.22. The molecule has 0 fully saturated rings. The normalized spacial score (nSPS) is 12.1. The lowest BCUT2D eigenvalue weighted by molar-refractivity contribution is 0.795. The van der Waals surface area contributed by atoms with Gasteiger partial charge in [-0.2, -0.15) is 5.26 Å². The predicted octanol–water partition coefficient (Wildman–Crippen LogP) is 3.09. The van der Waals surface area contributed by atoms with Crippen LogP contribution in [0.5, 0.6) is 0 Å². The van der Waals surface area contributed by atoms with Crippen molar-refractivity contribution >= 4 is 11.8 Å². The SMILES string of the molecule is C[C@H](C#N)Sc1ncc(-c2ccccc2)n1C. The third-order valence-corrected chi connectivity index (χ3v) is 3.53. The third kappa shape index (κ3) is 2.51. The number of benzene rings is 1. The zero-order valence-corrected chi connectivity index (χ0v) is 10.6. The van der Waals surface area contributed by atoms with Crippen LogP contribution in [0.4, 0.5) is 0 Å². The van der Waals surface area contributed by atoms with Crippen molar-refractivity contribution in [2.45, 2.75) is 17.3 Å². The summed E-state index contributed by atoms with van der Waals surface area (Å²) in [5.74, 6) is 0. The second kappa shape index (κ2) is 5.07. The monoisotopic (exact) mass is 243 g/mol. The number of hydrogen-bond donors (Lipinski definition) is 0. The lowest BCUT2D eigenvalue weighted by Crippen LogP contribution is -1.98. The first-order valence-corrected chi connectivity index (χ1v) is 6.23. The van der Waals surface area contributed by atoms with Gasteiger partial charge in [0.1, 0.15) is 0 Å². The Bertz CT molecular complexity index is 540. The molecule has 1 atom stereocenters. The van der Waals surface area contributed by atoms with Crippen molar-refractivity contribution in [3.05, 3.63) is 36.5 Å². The minimum absolute atomic E-state index is 0.0836. The Morgan fingerprint density at radius 2 is 2.06 bits per heavy atom.